The maximum absolute atomic E-state index is 12.5. The molecule has 0 bridgehead atoms. The number of pyridine rings is 1. The Hall–Kier alpha value is -2.08. The molecule has 0 aliphatic heterocycles. The Balaban J connectivity index is 1.96. The molecule has 3 nitrogen and oxygen atoms in total. The number of carbonyl (C=O) groups excluding carboxylic acids is 1. The highest BCUT2D eigenvalue weighted by Crippen LogP contribution is 2.29. The van der Waals surface area contributed by atoms with Gasteiger partial charge in [-0.3, -0.25) is 4.79 Å². The second kappa shape index (κ2) is 7.00. The van der Waals surface area contributed by atoms with Crippen molar-refractivity contribution in [1.29, 1.82) is 0 Å². The van der Waals surface area contributed by atoms with Gasteiger partial charge in [-0.1, -0.05) is 30.7 Å². The summed E-state index contributed by atoms with van der Waals surface area (Å²) in [4.78, 5) is 15.9. The van der Waals surface area contributed by atoms with Gasteiger partial charge in [-0.25, -0.2) is 4.98 Å². The van der Waals surface area contributed by atoms with E-state index in [9.17, 15) is 18.0 Å². The molecular formula is C16H14ClF3N2O. The molecule has 2 aromatic rings. The summed E-state index contributed by atoms with van der Waals surface area (Å²) in [7, 11) is 0. The highest BCUT2D eigenvalue weighted by molar-refractivity contribution is 6.29. The topological polar surface area (TPSA) is 42.0 Å². The molecule has 0 spiro atoms. The van der Waals surface area contributed by atoms with Crippen LogP contribution in [0.3, 0.4) is 0 Å². The first kappa shape index (κ1) is 17.3. The van der Waals surface area contributed by atoms with E-state index in [0.29, 0.717) is 22.8 Å². The molecule has 1 heterocycles. The van der Waals surface area contributed by atoms with Crippen molar-refractivity contribution in [3.8, 4) is 0 Å². The maximum Gasteiger partial charge on any atom is 0.416 e. The van der Waals surface area contributed by atoms with E-state index in [2.05, 4.69) is 10.3 Å². The number of rotatable bonds is 4. The Labute approximate surface area is 136 Å². The lowest BCUT2D eigenvalue weighted by Gasteiger charge is -2.13. The zero-order chi connectivity index (χ0) is 17.0. The number of carbonyl (C=O) groups is 1. The van der Waals surface area contributed by atoms with Crippen LogP contribution in [0, 0.1) is 5.92 Å². The molecule has 0 radical (unpaired) electrons. The van der Waals surface area contributed by atoms with Crippen molar-refractivity contribution in [1.82, 2.24) is 4.98 Å². The molecule has 1 unspecified atom stereocenters. The quantitative estimate of drug-likeness (QED) is 0.827. The lowest BCUT2D eigenvalue weighted by atomic mass is 9.99. The number of nitrogens with one attached hydrogen (secondary N) is 1. The molecule has 23 heavy (non-hydrogen) atoms. The molecule has 1 atom stereocenters. The second-order valence-electron chi connectivity index (χ2n) is 5.16. The third-order valence-electron chi connectivity index (χ3n) is 3.27. The lowest BCUT2D eigenvalue weighted by molar-refractivity contribution is -0.137. The Morgan fingerprint density at radius 1 is 1.22 bits per heavy atom. The van der Waals surface area contributed by atoms with E-state index < -0.39 is 17.7 Å². The summed E-state index contributed by atoms with van der Waals surface area (Å²) in [5.41, 5.74) is 0.471. The van der Waals surface area contributed by atoms with Crippen LogP contribution in [0.1, 0.15) is 18.1 Å². The largest absolute Gasteiger partial charge is 0.416 e. The first-order valence-electron chi connectivity index (χ1n) is 6.84. The predicted octanol–water partition coefficient (Wildman–Crippen LogP) is 4.57. The average Bonchev–Trinajstić information content (AvgIpc) is 2.49. The minimum Gasteiger partial charge on any atom is -0.324 e. The average molecular weight is 343 g/mol. The van der Waals surface area contributed by atoms with Gasteiger partial charge in [-0.15, -0.1) is 0 Å². The number of alkyl halides is 3. The third-order valence-corrected chi connectivity index (χ3v) is 3.49. The van der Waals surface area contributed by atoms with Crippen LogP contribution in [-0.2, 0) is 17.4 Å². The highest BCUT2D eigenvalue weighted by atomic mass is 35.5. The number of aromatic nitrogens is 1. The van der Waals surface area contributed by atoms with Gasteiger partial charge in [0.15, 0.2) is 0 Å². The Morgan fingerprint density at radius 2 is 1.87 bits per heavy atom. The summed E-state index contributed by atoms with van der Waals surface area (Å²) >= 11 is 5.66. The summed E-state index contributed by atoms with van der Waals surface area (Å²) in [5, 5.41) is 3.00. The summed E-state index contributed by atoms with van der Waals surface area (Å²) < 4.78 is 37.5. The van der Waals surface area contributed by atoms with E-state index in [1.165, 1.54) is 18.3 Å². The summed E-state index contributed by atoms with van der Waals surface area (Å²) in [6.07, 6.45) is -2.58. The van der Waals surface area contributed by atoms with Crippen molar-refractivity contribution in [3.05, 3.63) is 58.9 Å². The first-order valence-corrected chi connectivity index (χ1v) is 7.22. The van der Waals surface area contributed by atoms with E-state index in [0.717, 1.165) is 12.1 Å². The molecule has 122 valence electrons. The van der Waals surface area contributed by atoms with Crippen LogP contribution in [0.5, 0.6) is 0 Å². The zero-order valence-corrected chi connectivity index (χ0v) is 12.9. The Morgan fingerprint density at radius 3 is 2.39 bits per heavy atom. The number of halogens is 4. The van der Waals surface area contributed by atoms with Crippen LogP contribution >= 0.6 is 11.6 Å². The van der Waals surface area contributed by atoms with Gasteiger partial charge >= 0.3 is 6.18 Å². The van der Waals surface area contributed by atoms with Crippen molar-refractivity contribution in [2.24, 2.45) is 5.92 Å². The van der Waals surface area contributed by atoms with Crippen LogP contribution in [0.25, 0.3) is 0 Å². The zero-order valence-electron chi connectivity index (χ0n) is 12.2. The summed E-state index contributed by atoms with van der Waals surface area (Å²) in [6.45, 7) is 1.70. The number of benzene rings is 1. The van der Waals surface area contributed by atoms with Crippen LogP contribution in [0.15, 0.2) is 42.6 Å². The Kier molecular flexibility index (Phi) is 5.26. The highest BCUT2D eigenvalue weighted by Gasteiger charge is 2.30. The molecule has 7 heteroatoms. The van der Waals surface area contributed by atoms with Crippen LogP contribution in [0.2, 0.25) is 5.15 Å². The minimum absolute atomic E-state index is 0.242. The van der Waals surface area contributed by atoms with Gasteiger partial charge < -0.3 is 5.32 Å². The van der Waals surface area contributed by atoms with Gasteiger partial charge in [0.1, 0.15) is 5.15 Å². The molecule has 0 saturated carbocycles. The lowest BCUT2D eigenvalue weighted by Crippen LogP contribution is -2.22. The van der Waals surface area contributed by atoms with Gasteiger partial charge in [-0.2, -0.15) is 13.2 Å². The monoisotopic (exact) mass is 342 g/mol. The van der Waals surface area contributed by atoms with E-state index in [1.807, 2.05) is 0 Å². The van der Waals surface area contributed by atoms with Gasteiger partial charge in [0.05, 0.1) is 17.4 Å². The molecule has 0 fully saturated rings. The Bertz CT molecular complexity index is 669. The standard InChI is InChI=1S/C16H14ClF3N2O/c1-10(15(23)22-13-6-7-14(17)21-9-13)8-11-2-4-12(5-3-11)16(18,19)20/h2-7,9-10H,8H2,1H3,(H,22,23). The van der Waals surface area contributed by atoms with Crippen molar-refractivity contribution >= 4 is 23.2 Å². The maximum atomic E-state index is 12.5. The molecule has 1 aromatic heterocycles. The molecule has 1 N–H and O–H groups in total. The van der Waals surface area contributed by atoms with E-state index in [1.54, 1.807) is 19.1 Å². The molecule has 2 rings (SSSR count). The predicted molar refractivity (Wildman–Crippen MR) is 82.2 cm³/mol. The van der Waals surface area contributed by atoms with Gasteiger partial charge in [0.2, 0.25) is 5.91 Å². The molecule has 0 aliphatic rings. The minimum atomic E-state index is -4.36. The van der Waals surface area contributed by atoms with E-state index in [-0.39, 0.29) is 5.91 Å². The molecule has 1 aromatic carbocycles. The fraction of sp³-hybridized carbons (Fsp3) is 0.250. The molecule has 0 aliphatic carbocycles. The van der Waals surface area contributed by atoms with Crippen molar-refractivity contribution in [3.63, 3.8) is 0 Å². The normalized spacial score (nSPS) is 12.7. The number of amides is 1. The van der Waals surface area contributed by atoms with Crippen molar-refractivity contribution in [2.45, 2.75) is 19.5 Å². The van der Waals surface area contributed by atoms with E-state index in [4.69, 9.17) is 11.6 Å². The fourth-order valence-corrected chi connectivity index (χ4v) is 2.10. The first-order chi connectivity index (χ1) is 10.8. The third kappa shape index (κ3) is 4.96. The van der Waals surface area contributed by atoms with Crippen LogP contribution < -0.4 is 5.32 Å². The van der Waals surface area contributed by atoms with Gasteiger partial charge in [0.25, 0.3) is 0 Å². The molecule has 1 amide bonds. The number of nitrogens with zero attached hydrogens (tertiary/aromatic N) is 1. The van der Waals surface area contributed by atoms with Gasteiger partial charge in [0, 0.05) is 5.92 Å². The van der Waals surface area contributed by atoms with Gasteiger partial charge in [-0.05, 0) is 36.2 Å². The molecule has 0 saturated heterocycles. The SMILES string of the molecule is CC(Cc1ccc(C(F)(F)F)cc1)C(=O)Nc1ccc(Cl)nc1. The second-order valence-corrected chi connectivity index (χ2v) is 5.55. The summed E-state index contributed by atoms with van der Waals surface area (Å²) in [5.74, 6) is -0.642. The number of anilines is 1. The number of hydrogen-bond acceptors (Lipinski definition) is 2. The van der Waals surface area contributed by atoms with E-state index >= 15 is 0 Å². The van der Waals surface area contributed by atoms with Crippen molar-refractivity contribution < 1.29 is 18.0 Å². The van der Waals surface area contributed by atoms with Crippen LogP contribution in [0.4, 0.5) is 18.9 Å². The van der Waals surface area contributed by atoms with Crippen molar-refractivity contribution in [2.75, 3.05) is 5.32 Å². The number of hydrogen-bond donors (Lipinski definition) is 1. The fourth-order valence-electron chi connectivity index (χ4n) is 1.99. The summed E-state index contributed by atoms with van der Waals surface area (Å²) in [6, 6.07) is 7.98. The van der Waals surface area contributed by atoms with Crippen LogP contribution in [-0.4, -0.2) is 10.9 Å². The smallest absolute Gasteiger partial charge is 0.324 e. The molecular weight excluding hydrogens is 329 g/mol.